The maximum Gasteiger partial charge on any atom is 0.424 e. The molecule has 2 rings (SSSR count). The minimum atomic E-state index is -4.56. The number of alkyl halides is 3. The summed E-state index contributed by atoms with van der Waals surface area (Å²) >= 11 is 0. The van der Waals surface area contributed by atoms with Crippen LogP contribution in [-0.4, -0.2) is 11.8 Å². The van der Waals surface area contributed by atoms with E-state index in [1.807, 2.05) is 30.3 Å². The molecule has 27 heavy (non-hydrogen) atoms. The smallest absolute Gasteiger partial charge is 0.358 e. The largest absolute Gasteiger partial charge is 0.424 e. The van der Waals surface area contributed by atoms with Crippen LogP contribution in [-0.2, 0) is 11.3 Å². The molecule has 0 N–H and O–H groups in total. The van der Waals surface area contributed by atoms with Crippen molar-refractivity contribution in [1.29, 1.82) is 0 Å². The van der Waals surface area contributed by atoms with E-state index >= 15 is 0 Å². The molecule has 2 aromatic carbocycles. The second-order valence-corrected chi connectivity index (χ2v) is 6.23. The minimum Gasteiger partial charge on any atom is -0.358 e. The van der Waals surface area contributed by atoms with E-state index in [-0.39, 0.29) is 0 Å². The highest BCUT2D eigenvalue weighted by Crippen LogP contribution is 2.24. The first-order valence-corrected chi connectivity index (χ1v) is 8.31. The van der Waals surface area contributed by atoms with Gasteiger partial charge in [0.1, 0.15) is 11.2 Å². The second-order valence-electron chi connectivity index (χ2n) is 6.23. The lowest BCUT2D eigenvalue weighted by molar-refractivity contribution is -0.0871. The predicted molar refractivity (Wildman–Crippen MR) is 101 cm³/mol. The molecule has 0 aliphatic heterocycles. The molecule has 0 spiro atoms. The molecular weight excluding hydrogens is 349 g/mol. The molecule has 138 valence electrons. The molecule has 0 aromatic heterocycles. The SMILES string of the molecule is CC(C)(C#C/C=C(/C#Cc1ccccc1)C(F)(F)F)OCc1ccccc1. The highest BCUT2D eigenvalue weighted by Gasteiger charge is 2.32. The Morgan fingerprint density at radius 1 is 0.963 bits per heavy atom. The summed E-state index contributed by atoms with van der Waals surface area (Å²) in [5, 5.41) is 0. The number of allylic oxidation sites excluding steroid dienone is 2. The van der Waals surface area contributed by atoms with Crippen molar-refractivity contribution < 1.29 is 17.9 Å². The molecule has 0 aliphatic rings. The zero-order valence-electron chi connectivity index (χ0n) is 15.1. The monoisotopic (exact) mass is 368 g/mol. The Morgan fingerprint density at radius 2 is 1.56 bits per heavy atom. The first-order chi connectivity index (χ1) is 12.8. The van der Waals surface area contributed by atoms with Crippen LogP contribution in [0.25, 0.3) is 0 Å². The summed E-state index contributed by atoms with van der Waals surface area (Å²) in [6, 6.07) is 18.0. The molecule has 0 fully saturated rings. The molecule has 0 radical (unpaired) electrons. The molecular formula is C23H19F3O. The van der Waals surface area contributed by atoms with E-state index in [9.17, 15) is 13.2 Å². The summed E-state index contributed by atoms with van der Waals surface area (Å²) in [5.74, 6) is 9.83. The second kappa shape index (κ2) is 9.12. The maximum atomic E-state index is 13.1. The van der Waals surface area contributed by atoms with Crippen molar-refractivity contribution in [2.24, 2.45) is 0 Å². The van der Waals surface area contributed by atoms with Gasteiger partial charge >= 0.3 is 6.18 Å². The molecule has 0 saturated carbocycles. The zero-order chi connectivity index (χ0) is 19.8. The van der Waals surface area contributed by atoms with Crippen LogP contribution in [0.1, 0.15) is 25.0 Å². The molecule has 0 atom stereocenters. The Morgan fingerprint density at radius 3 is 2.15 bits per heavy atom. The van der Waals surface area contributed by atoms with Crippen LogP contribution in [0.15, 0.2) is 72.3 Å². The normalized spacial score (nSPS) is 11.8. The van der Waals surface area contributed by atoms with E-state index in [1.54, 1.807) is 44.2 Å². The van der Waals surface area contributed by atoms with E-state index < -0.39 is 17.4 Å². The Balaban J connectivity index is 2.12. The number of benzene rings is 2. The van der Waals surface area contributed by atoms with Crippen molar-refractivity contribution in [3.63, 3.8) is 0 Å². The average molecular weight is 368 g/mol. The lowest BCUT2D eigenvalue weighted by atomic mass is 10.1. The van der Waals surface area contributed by atoms with Crippen LogP contribution in [0, 0.1) is 23.7 Å². The van der Waals surface area contributed by atoms with Gasteiger partial charge in [0.05, 0.1) is 6.61 Å². The van der Waals surface area contributed by atoms with E-state index in [1.165, 1.54) is 0 Å². The maximum absolute atomic E-state index is 13.1. The summed E-state index contributed by atoms with van der Waals surface area (Å²) in [6.45, 7) is 3.74. The van der Waals surface area contributed by atoms with E-state index in [2.05, 4.69) is 23.7 Å². The van der Waals surface area contributed by atoms with E-state index in [4.69, 9.17) is 4.74 Å². The van der Waals surface area contributed by atoms with Gasteiger partial charge in [0.15, 0.2) is 0 Å². The number of hydrogen-bond donors (Lipinski definition) is 0. The average Bonchev–Trinajstić information content (AvgIpc) is 2.63. The third-order valence-corrected chi connectivity index (χ3v) is 3.45. The molecule has 0 bridgehead atoms. The number of hydrogen-bond acceptors (Lipinski definition) is 1. The Hall–Kier alpha value is -2.95. The van der Waals surface area contributed by atoms with Gasteiger partial charge in [-0.2, -0.15) is 13.2 Å². The Bertz CT molecular complexity index is 887. The number of ether oxygens (including phenoxy) is 1. The van der Waals surface area contributed by atoms with Gasteiger partial charge in [-0.3, -0.25) is 0 Å². The molecule has 0 aliphatic carbocycles. The lowest BCUT2D eigenvalue weighted by Gasteiger charge is -2.18. The summed E-state index contributed by atoms with van der Waals surface area (Å²) < 4.78 is 45.1. The molecule has 0 saturated heterocycles. The van der Waals surface area contributed by atoms with Gasteiger partial charge in [-0.15, -0.1) is 0 Å². The van der Waals surface area contributed by atoms with Gasteiger partial charge in [-0.05, 0) is 31.5 Å². The lowest BCUT2D eigenvalue weighted by Crippen LogP contribution is -2.21. The van der Waals surface area contributed by atoms with Crippen molar-refractivity contribution in [2.45, 2.75) is 32.2 Å². The predicted octanol–water partition coefficient (Wildman–Crippen LogP) is 5.53. The molecule has 2 aromatic rings. The number of rotatable bonds is 3. The Kier molecular flexibility index (Phi) is 6.88. The van der Waals surface area contributed by atoms with Crippen LogP contribution >= 0.6 is 0 Å². The van der Waals surface area contributed by atoms with Crippen LogP contribution < -0.4 is 0 Å². The van der Waals surface area contributed by atoms with Crippen LogP contribution in [0.4, 0.5) is 13.2 Å². The molecule has 0 heterocycles. The van der Waals surface area contributed by atoms with Gasteiger partial charge in [0, 0.05) is 11.6 Å². The van der Waals surface area contributed by atoms with Gasteiger partial charge in [0.2, 0.25) is 0 Å². The molecule has 0 unspecified atom stereocenters. The fourth-order valence-corrected chi connectivity index (χ4v) is 2.01. The standard InChI is InChI=1S/C23H19F3O/c1-22(2,27-18-20-12-7-4-8-13-20)17-9-14-21(23(24,25)26)16-15-19-10-5-3-6-11-19/h3-8,10-14H,18H2,1-2H3/b21-14-. The summed E-state index contributed by atoms with van der Waals surface area (Å²) in [6.07, 6.45) is -3.77. The van der Waals surface area contributed by atoms with Gasteiger partial charge in [-0.25, -0.2) is 0 Å². The molecule has 0 amide bonds. The van der Waals surface area contributed by atoms with Crippen molar-refractivity contribution in [3.05, 3.63) is 83.4 Å². The third kappa shape index (κ3) is 7.44. The van der Waals surface area contributed by atoms with Gasteiger partial charge in [-0.1, -0.05) is 72.2 Å². The zero-order valence-corrected chi connectivity index (χ0v) is 15.1. The van der Waals surface area contributed by atoms with Crippen molar-refractivity contribution in [2.75, 3.05) is 0 Å². The third-order valence-electron chi connectivity index (χ3n) is 3.45. The fraction of sp³-hybridized carbons (Fsp3) is 0.217. The Labute approximate surface area is 157 Å². The van der Waals surface area contributed by atoms with Crippen molar-refractivity contribution >= 4 is 0 Å². The van der Waals surface area contributed by atoms with E-state index in [0.717, 1.165) is 11.6 Å². The summed E-state index contributed by atoms with van der Waals surface area (Å²) in [4.78, 5) is 0. The first kappa shape index (κ1) is 20.4. The van der Waals surface area contributed by atoms with Crippen LogP contribution in [0.2, 0.25) is 0 Å². The van der Waals surface area contributed by atoms with Crippen molar-refractivity contribution in [1.82, 2.24) is 0 Å². The minimum absolute atomic E-state index is 0.326. The summed E-state index contributed by atoms with van der Waals surface area (Å²) in [7, 11) is 0. The summed E-state index contributed by atoms with van der Waals surface area (Å²) in [5.41, 5.74) is -0.409. The van der Waals surface area contributed by atoms with E-state index in [0.29, 0.717) is 12.2 Å². The topological polar surface area (TPSA) is 9.23 Å². The fourth-order valence-electron chi connectivity index (χ4n) is 2.01. The van der Waals surface area contributed by atoms with Crippen LogP contribution in [0.5, 0.6) is 0 Å². The van der Waals surface area contributed by atoms with Gasteiger partial charge in [0.25, 0.3) is 0 Å². The highest BCUT2D eigenvalue weighted by atomic mass is 19.4. The highest BCUT2D eigenvalue weighted by molar-refractivity contribution is 5.45. The molecule has 1 nitrogen and oxygen atoms in total. The quantitative estimate of drug-likeness (QED) is 0.648. The van der Waals surface area contributed by atoms with Crippen LogP contribution in [0.3, 0.4) is 0 Å². The first-order valence-electron chi connectivity index (χ1n) is 8.31. The van der Waals surface area contributed by atoms with Gasteiger partial charge < -0.3 is 4.74 Å². The number of halogens is 3. The molecule has 4 heteroatoms. The van der Waals surface area contributed by atoms with Crippen molar-refractivity contribution in [3.8, 4) is 23.7 Å².